The molecule has 2 aromatic carbocycles. The Morgan fingerprint density at radius 3 is 2.16 bits per heavy atom. The summed E-state index contributed by atoms with van der Waals surface area (Å²) in [5, 5.41) is 7.50. The topological polar surface area (TPSA) is 116 Å². The van der Waals surface area contributed by atoms with Crippen LogP contribution < -0.4 is 20.1 Å². The van der Waals surface area contributed by atoms with E-state index in [0.717, 1.165) is 0 Å². The average Bonchev–Trinajstić information content (AvgIpc) is 3.24. The zero-order valence-electron chi connectivity index (χ0n) is 17.6. The van der Waals surface area contributed by atoms with Crippen molar-refractivity contribution >= 4 is 39.9 Å². The number of aromatic nitrogens is 1. The number of nitrogens with one attached hydrogen (secondary N) is 2. The largest absolute Gasteiger partial charge is 0.497 e. The summed E-state index contributed by atoms with van der Waals surface area (Å²) >= 11 is 1.21. The summed E-state index contributed by atoms with van der Waals surface area (Å²) in [6.07, 6.45) is 0.0259. The molecule has 0 aliphatic heterocycles. The van der Waals surface area contributed by atoms with E-state index in [1.807, 2.05) is 0 Å². The zero-order valence-corrected chi connectivity index (χ0v) is 18.4. The van der Waals surface area contributed by atoms with Gasteiger partial charge in [0.2, 0.25) is 5.91 Å². The third-order valence-corrected chi connectivity index (χ3v) is 5.12. The minimum absolute atomic E-state index is 0.0259. The SMILES string of the molecule is COC(=O)c1ccc(NC(=O)Cc2csc(NC(=O)c3cc(OC)cc(OC)c3)n2)cc1. The van der Waals surface area contributed by atoms with Crippen LogP contribution in [-0.2, 0) is 16.0 Å². The summed E-state index contributed by atoms with van der Waals surface area (Å²) in [6.45, 7) is 0. The van der Waals surface area contributed by atoms with Crippen LogP contribution in [0.4, 0.5) is 10.8 Å². The Bertz CT molecular complexity index is 1100. The molecule has 32 heavy (non-hydrogen) atoms. The van der Waals surface area contributed by atoms with Gasteiger partial charge in [-0.25, -0.2) is 9.78 Å². The molecule has 1 heterocycles. The molecule has 0 spiro atoms. The predicted molar refractivity (Wildman–Crippen MR) is 120 cm³/mol. The van der Waals surface area contributed by atoms with Crippen LogP contribution in [0.5, 0.6) is 11.5 Å². The van der Waals surface area contributed by atoms with Gasteiger partial charge in [0.15, 0.2) is 5.13 Å². The Balaban J connectivity index is 1.59. The molecule has 1 aromatic heterocycles. The van der Waals surface area contributed by atoms with Gasteiger partial charge in [0.05, 0.1) is 39.0 Å². The molecule has 0 aliphatic rings. The van der Waals surface area contributed by atoms with Crippen molar-refractivity contribution in [2.24, 2.45) is 0 Å². The molecule has 0 atom stereocenters. The Hall–Kier alpha value is -3.92. The number of hydrogen-bond donors (Lipinski definition) is 2. The lowest BCUT2D eigenvalue weighted by molar-refractivity contribution is -0.115. The van der Waals surface area contributed by atoms with Crippen LogP contribution >= 0.6 is 11.3 Å². The maximum absolute atomic E-state index is 12.6. The maximum Gasteiger partial charge on any atom is 0.337 e. The fourth-order valence-corrected chi connectivity index (χ4v) is 3.44. The first kappa shape index (κ1) is 22.8. The zero-order chi connectivity index (χ0) is 23.1. The van der Waals surface area contributed by atoms with Gasteiger partial charge < -0.3 is 19.5 Å². The number of anilines is 2. The van der Waals surface area contributed by atoms with Crippen LogP contribution in [0.2, 0.25) is 0 Å². The monoisotopic (exact) mass is 455 g/mol. The Labute approximate surface area is 188 Å². The average molecular weight is 455 g/mol. The summed E-state index contributed by atoms with van der Waals surface area (Å²) < 4.78 is 15.0. The highest BCUT2D eigenvalue weighted by molar-refractivity contribution is 7.14. The van der Waals surface area contributed by atoms with E-state index in [1.54, 1.807) is 47.8 Å². The smallest absolute Gasteiger partial charge is 0.337 e. The van der Waals surface area contributed by atoms with Gasteiger partial charge in [-0.3, -0.25) is 14.9 Å². The van der Waals surface area contributed by atoms with Crippen LogP contribution in [0.3, 0.4) is 0 Å². The second-order valence-corrected chi connectivity index (χ2v) is 7.35. The van der Waals surface area contributed by atoms with Crippen molar-refractivity contribution in [3.05, 3.63) is 64.7 Å². The minimum atomic E-state index is -0.452. The van der Waals surface area contributed by atoms with E-state index in [1.165, 1.54) is 32.7 Å². The normalized spacial score (nSPS) is 10.2. The molecular weight excluding hydrogens is 434 g/mol. The van der Waals surface area contributed by atoms with E-state index in [-0.39, 0.29) is 18.2 Å². The van der Waals surface area contributed by atoms with Crippen LogP contribution in [0, 0.1) is 0 Å². The van der Waals surface area contributed by atoms with Gasteiger partial charge in [0.1, 0.15) is 11.5 Å². The summed E-state index contributed by atoms with van der Waals surface area (Å²) in [7, 11) is 4.31. The van der Waals surface area contributed by atoms with E-state index in [9.17, 15) is 14.4 Å². The summed E-state index contributed by atoms with van der Waals surface area (Å²) in [5.74, 6) is -0.127. The third-order valence-electron chi connectivity index (χ3n) is 4.32. The molecule has 0 aliphatic carbocycles. The summed E-state index contributed by atoms with van der Waals surface area (Å²) in [5.41, 5.74) is 1.79. The number of ether oxygens (including phenoxy) is 3. The van der Waals surface area contributed by atoms with Gasteiger partial charge >= 0.3 is 5.97 Å². The molecule has 10 heteroatoms. The quantitative estimate of drug-likeness (QED) is 0.500. The second kappa shape index (κ2) is 10.4. The lowest BCUT2D eigenvalue weighted by atomic mass is 10.2. The number of esters is 1. The summed E-state index contributed by atoms with van der Waals surface area (Å²) in [6, 6.07) is 11.2. The lowest BCUT2D eigenvalue weighted by Crippen LogP contribution is -2.15. The van der Waals surface area contributed by atoms with Crippen molar-refractivity contribution < 1.29 is 28.6 Å². The molecule has 0 fully saturated rings. The maximum atomic E-state index is 12.6. The first-order valence-electron chi connectivity index (χ1n) is 9.39. The molecule has 0 saturated heterocycles. The van der Waals surface area contributed by atoms with Gasteiger partial charge in [-0.15, -0.1) is 11.3 Å². The molecule has 3 rings (SSSR count). The highest BCUT2D eigenvalue weighted by atomic mass is 32.1. The number of carbonyl (C=O) groups excluding carboxylic acids is 3. The lowest BCUT2D eigenvalue weighted by Gasteiger charge is -2.08. The van der Waals surface area contributed by atoms with E-state index in [2.05, 4.69) is 20.4 Å². The number of thiazole rings is 1. The minimum Gasteiger partial charge on any atom is -0.497 e. The molecule has 0 unspecified atom stereocenters. The van der Waals surface area contributed by atoms with Crippen molar-refractivity contribution in [3.63, 3.8) is 0 Å². The fourth-order valence-electron chi connectivity index (χ4n) is 2.73. The standard InChI is InChI=1S/C22H21N3O6S/c1-29-17-8-14(9-18(11-17)30-2)20(27)25-22-24-16(12-32-22)10-19(26)23-15-6-4-13(5-7-15)21(28)31-3/h4-9,11-12H,10H2,1-3H3,(H,23,26)(H,24,25,27). The molecule has 3 aromatic rings. The number of hydrogen-bond acceptors (Lipinski definition) is 8. The highest BCUT2D eigenvalue weighted by Gasteiger charge is 2.14. The van der Waals surface area contributed by atoms with Gasteiger partial charge in [0.25, 0.3) is 5.91 Å². The van der Waals surface area contributed by atoms with Crippen molar-refractivity contribution in [2.45, 2.75) is 6.42 Å². The van der Waals surface area contributed by atoms with Gasteiger partial charge in [0, 0.05) is 22.7 Å². The molecule has 2 amide bonds. The fraction of sp³-hybridized carbons (Fsp3) is 0.182. The molecule has 9 nitrogen and oxygen atoms in total. The van der Waals surface area contributed by atoms with E-state index < -0.39 is 5.97 Å². The van der Waals surface area contributed by atoms with E-state index in [4.69, 9.17) is 9.47 Å². The number of rotatable bonds is 8. The predicted octanol–water partition coefficient (Wildman–Crippen LogP) is 3.38. The highest BCUT2D eigenvalue weighted by Crippen LogP contribution is 2.24. The molecule has 0 saturated carbocycles. The van der Waals surface area contributed by atoms with Gasteiger partial charge in [-0.1, -0.05) is 0 Å². The van der Waals surface area contributed by atoms with Crippen LogP contribution in [-0.4, -0.2) is 44.1 Å². The first-order chi connectivity index (χ1) is 15.4. The molecule has 0 radical (unpaired) electrons. The number of amides is 2. The van der Waals surface area contributed by atoms with Gasteiger partial charge in [-0.05, 0) is 36.4 Å². The number of nitrogens with zero attached hydrogens (tertiary/aromatic N) is 1. The van der Waals surface area contributed by atoms with Crippen molar-refractivity contribution in [1.82, 2.24) is 4.98 Å². The van der Waals surface area contributed by atoms with E-state index in [0.29, 0.717) is 39.1 Å². The number of carbonyl (C=O) groups is 3. The van der Waals surface area contributed by atoms with Crippen LogP contribution in [0.1, 0.15) is 26.4 Å². The van der Waals surface area contributed by atoms with E-state index >= 15 is 0 Å². The Morgan fingerprint density at radius 2 is 1.56 bits per heavy atom. The Kier molecular flexibility index (Phi) is 7.40. The van der Waals surface area contributed by atoms with Crippen LogP contribution in [0.15, 0.2) is 47.8 Å². The Morgan fingerprint density at radius 1 is 0.906 bits per heavy atom. The third kappa shape index (κ3) is 5.82. The molecule has 0 bridgehead atoms. The number of benzene rings is 2. The first-order valence-corrected chi connectivity index (χ1v) is 10.3. The molecular formula is C22H21N3O6S. The van der Waals surface area contributed by atoms with Crippen LogP contribution in [0.25, 0.3) is 0 Å². The summed E-state index contributed by atoms with van der Waals surface area (Å²) in [4.78, 5) is 40.6. The molecule has 166 valence electrons. The molecule has 2 N–H and O–H groups in total. The van der Waals surface area contributed by atoms with Crippen molar-refractivity contribution in [2.75, 3.05) is 32.0 Å². The number of methoxy groups -OCH3 is 3. The van der Waals surface area contributed by atoms with Crippen molar-refractivity contribution in [1.29, 1.82) is 0 Å². The second-order valence-electron chi connectivity index (χ2n) is 6.49. The van der Waals surface area contributed by atoms with Crippen molar-refractivity contribution in [3.8, 4) is 11.5 Å². The van der Waals surface area contributed by atoms with Gasteiger partial charge in [-0.2, -0.15) is 0 Å².